The summed E-state index contributed by atoms with van der Waals surface area (Å²) in [5.41, 5.74) is -0.0546. The fourth-order valence-electron chi connectivity index (χ4n) is 2.93. The lowest BCUT2D eigenvalue weighted by molar-refractivity contribution is -0.143. The third-order valence-corrected chi connectivity index (χ3v) is 5.04. The third-order valence-electron chi connectivity index (χ3n) is 4.47. The molecule has 9 nitrogen and oxygen atoms in total. The van der Waals surface area contributed by atoms with E-state index in [4.69, 9.17) is 0 Å². The maximum atomic E-state index is 12.2. The lowest BCUT2D eigenvalue weighted by atomic mass is 9.99. The van der Waals surface area contributed by atoms with Gasteiger partial charge in [0, 0.05) is 26.2 Å². The molecule has 1 N–H and O–H groups in total. The van der Waals surface area contributed by atoms with E-state index in [2.05, 4.69) is 25.3 Å². The van der Waals surface area contributed by atoms with Crippen LogP contribution in [0.2, 0.25) is 0 Å². The van der Waals surface area contributed by atoms with Crippen LogP contribution in [0.1, 0.15) is 12.1 Å². The molecule has 1 atom stereocenters. The van der Waals surface area contributed by atoms with E-state index in [1.165, 1.54) is 27.5 Å². The van der Waals surface area contributed by atoms with Gasteiger partial charge in [0.25, 0.3) is 5.91 Å². The number of pyridine rings is 1. The van der Waals surface area contributed by atoms with E-state index < -0.39 is 5.60 Å². The van der Waals surface area contributed by atoms with Crippen LogP contribution in [0.3, 0.4) is 0 Å². The van der Waals surface area contributed by atoms with Crippen LogP contribution in [0.4, 0.5) is 0 Å². The summed E-state index contributed by atoms with van der Waals surface area (Å²) in [6.07, 6.45) is 5.42. The minimum Gasteiger partial charge on any atom is -0.374 e. The first-order chi connectivity index (χ1) is 13.0. The van der Waals surface area contributed by atoms with Crippen LogP contribution < -0.4 is 0 Å². The van der Waals surface area contributed by atoms with Gasteiger partial charge in [-0.3, -0.25) is 4.79 Å². The average Bonchev–Trinajstić information content (AvgIpc) is 3.31. The number of nitrogens with zero attached hydrogens (tertiary/aromatic N) is 7. The van der Waals surface area contributed by atoms with Crippen LogP contribution in [0.5, 0.6) is 0 Å². The Morgan fingerprint density at radius 3 is 2.78 bits per heavy atom. The molecule has 1 aliphatic heterocycles. The van der Waals surface area contributed by atoms with Gasteiger partial charge in [0.1, 0.15) is 5.69 Å². The van der Waals surface area contributed by atoms with Gasteiger partial charge >= 0.3 is 0 Å². The second-order valence-corrected chi connectivity index (χ2v) is 6.97. The van der Waals surface area contributed by atoms with E-state index >= 15 is 0 Å². The van der Waals surface area contributed by atoms with E-state index in [0.717, 1.165) is 0 Å². The van der Waals surface area contributed by atoms with E-state index in [-0.39, 0.29) is 18.0 Å². The molecular weight excluding hydrogens is 366 g/mol. The number of carbonyl (C=O) groups excluding carboxylic acids is 1. The van der Waals surface area contributed by atoms with Gasteiger partial charge in [-0.2, -0.15) is 0 Å². The van der Waals surface area contributed by atoms with Crippen LogP contribution in [0.15, 0.2) is 41.8 Å². The first-order valence-corrected chi connectivity index (χ1v) is 9.49. The van der Waals surface area contributed by atoms with Crippen LogP contribution in [-0.4, -0.2) is 65.7 Å². The lowest BCUT2D eigenvalue weighted by Gasteiger charge is -2.17. The Kier molecular flexibility index (Phi) is 4.36. The number of thioether (sulfide) groups is 1. The Morgan fingerprint density at radius 1 is 1.22 bits per heavy atom. The summed E-state index contributed by atoms with van der Waals surface area (Å²) in [6, 6.07) is 7.24. The zero-order chi connectivity index (χ0) is 19.0. The van der Waals surface area contributed by atoms with Gasteiger partial charge in [0.15, 0.2) is 16.6 Å². The standard InChI is InChI=1S/C17H17N7O2S/c1-23-9-7-17(26,15(23)25)13-10-24(22-21-13)14-5-3-4-11(19-14)12-6-8-18-16(20-12)27-2/h3-6,8,10,26H,7,9H2,1-2H3. The summed E-state index contributed by atoms with van der Waals surface area (Å²) in [5, 5.41) is 19.4. The zero-order valence-electron chi connectivity index (χ0n) is 14.8. The number of rotatable bonds is 4. The van der Waals surface area contributed by atoms with Crippen LogP contribution in [0, 0.1) is 0 Å². The molecule has 0 spiro atoms. The van der Waals surface area contributed by atoms with Crippen molar-refractivity contribution in [1.29, 1.82) is 0 Å². The number of aromatic nitrogens is 6. The highest BCUT2D eigenvalue weighted by molar-refractivity contribution is 7.98. The van der Waals surface area contributed by atoms with Crippen molar-refractivity contribution in [2.45, 2.75) is 17.2 Å². The topological polar surface area (TPSA) is 110 Å². The number of aliphatic hydroxyl groups is 1. The molecule has 0 aromatic carbocycles. The third kappa shape index (κ3) is 3.06. The fraction of sp³-hybridized carbons (Fsp3) is 0.294. The van der Waals surface area contributed by atoms with E-state index in [1.54, 1.807) is 25.4 Å². The second kappa shape index (κ2) is 6.71. The number of hydrogen-bond donors (Lipinski definition) is 1. The summed E-state index contributed by atoms with van der Waals surface area (Å²) >= 11 is 1.45. The number of hydrogen-bond acceptors (Lipinski definition) is 8. The van der Waals surface area contributed by atoms with Gasteiger partial charge in [-0.25, -0.2) is 19.6 Å². The molecule has 4 heterocycles. The van der Waals surface area contributed by atoms with E-state index in [0.29, 0.717) is 28.9 Å². The monoisotopic (exact) mass is 383 g/mol. The molecule has 1 fully saturated rings. The van der Waals surface area contributed by atoms with Crippen molar-refractivity contribution in [3.63, 3.8) is 0 Å². The van der Waals surface area contributed by atoms with Crippen molar-refractivity contribution in [2.75, 3.05) is 19.8 Å². The maximum Gasteiger partial charge on any atom is 0.260 e. The molecule has 3 aromatic rings. The van der Waals surface area contributed by atoms with Gasteiger partial charge < -0.3 is 10.0 Å². The zero-order valence-corrected chi connectivity index (χ0v) is 15.6. The van der Waals surface area contributed by atoms with E-state index in [1.807, 2.05) is 18.4 Å². The number of likely N-dealkylation sites (N-methyl/N-ethyl adjacent to an activating group) is 1. The van der Waals surface area contributed by atoms with E-state index in [9.17, 15) is 9.90 Å². The molecule has 138 valence electrons. The summed E-state index contributed by atoms with van der Waals surface area (Å²) < 4.78 is 1.44. The Labute approximate surface area is 159 Å². The summed E-state index contributed by atoms with van der Waals surface area (Å²) in [5.74, 6) is 0.139. The maximum absolute atomic E-state index is 12.2. The van der Waals surface area contributed by atoms with Gasteiger partial charge in [-0.1, -0.05) is 23.0 Å². The minimum atomic E-state index is -1.63. The Hall–Kier alpha value is -2.85. The molecule has 0 radical (unpaired) electrons. The van der Waals surface area contributed by atoms with Crippen molar-refractivity contribution in [3.05, 3.63) is 42.4 Å². The number of likely N-dealkylation sites (tertiary alicyclic amines) is 1. The van der Waals surface area contributed by atoms with Crippen molar-refractivity contribution in [3.8, 4) is 17.2 Å². The van der Waals surface area contributed by atoms with Gasteiger partial charge in [0.05, 0.1) is 17.6 Å². The highest BCUT2D eigenvalue weighted by atomic mass is 32.2. The molecule has 1 aliphatic rings. The SMILES string of the molecule is CSc1nccc(-c2cccc(-n3cc(C4(O)CCN(C)C4=O)nn3)n2)n1. The Bertz CT molecular complexity index is 1010. The first-order valence-electron chi connectivity index (χ1n) is 8.27. The number of carbonyl (C=O) groups is 1. The van der Waals surface area contributed by atoms with Gasteiger partial charge in [-0.05, 0) is 24.5 Å². The quantitative estimate of drug-likeness (QED) is 0.522. The molecule has 0 bridgehead atoms. The Balaban J connectivity index is 1.67. The fourth-order valence-corrected chi connectivity index (χ4v) is 3.29. The Morgan fingerprint density at radius 2 is 2.04 bits per heavy atom. The molecule has 1 unspecified atom stereocenters. The van der Waals surface area contributed by atoms with Crippen molar-refractivity contribution in [1.82, 2.24) is 34.8 Å². The smallest absolute Gasteiger partial charge is 0.260 e. The molecule has 10 heteroatoms. The van der Waals surface area contributed by atoms with Gasteiger partial charge in [-0.15, -0.1) is 5.10 Å². The molecular formula is C17H17N7O2S. The highest BCUT2D eigenvalue weighted by Gasteiger charge is 2.47. The molecule has 1 amide bonds. The average molecular weight is 383 g/mol. The summed E-state index contributed by atoms with van der Waals surface area (Å²) in [7, 11) is 1.65. The molecule has 4 rings (SSSR count). The summed E-state index contributed by atoms with van der Waals surface area (Å²) in [4.78, 5) is 26.9. The molecule has 0 aliphatic carbocycles. The molecule has 3 aromatic heterocycles. The lowest BCUT2D eigenvalue weighted by Crippen LogP contribution is -2.36. The van der Waals surface area contributed by atoms with Crippen LogP contribution in [0.25, 0.3) is 17.2 Å². The van der Waals surface area contributed by atoms with Crippen molar-refractivity contribution in [2.24, 2.45) is 0 Å². The predicted molar refractivity (Wildman–Crippen MR) is 98.1 cm³/mol. The van der Waals surface area contributed by atoms with Crippen molar-refractivity contribution >= 4 is 17.7 Å². The second-order valence-electron chi connectivity index (χ2n) is 6.19. The normalized spacial score (nSPS) is 19.7. The molecule has 1 saturated heterocycles. The van der Waals surface area contributed by atoms with Crippen LogP contribution in [-0.2, 0) is 10.4 Å². The number of amides is 1. The van der Waals surface area contributed by atoms with Crippen molar-refractivity contribution < 1.29 is 9.90 Å². The minimum absolute atomic E-state index is 0.218. The summed E-state index contributed by atoms with van der Waals surface area (Å²) in [6.45, 7) is 0.474. The van der Waals surface area contributed by atoms with Gasteiger partial charge in [0.2, 0.25) is 0 Å². The highest BCUT2D eigenvalue weighted by Crippen LogP contribution is 2.31. The predicted octanol–water partition coefficient (Wildman–Crippen LogP) is 0.891. The molecule has 0 saturated carbocycles. The largest absolute Gasteiger partial charge is 0.374 e. The first kappa shape index (κ1) is 17.6. The van der Waals surface area contributed by atoms with Crippen LogP contribution >= 0.6 is 11.8 Å². The molecule has 27 heavy (non-hydrogen) atoms.